The van der Waals surface area contributed by atoms with E-state index >= 15 is 0 Å². The maximum Gasteiger partial charge on any atom is 0.245 e. The summed E-state index contributed by atoms with van der Waals surface area (Å²) in [5, 5.41) is 2.88. The van der Waals surface area contributed by atoms with Crippen molar-refractivity contribution < 1.29 is 9.53 Å². The number of rotatable bonds is 4. The van der Waals surface area contributed by atoms with Crippen LogP contribution >= 0.6 is 0 Å². The van der Waals surface area contributed by atoms with Crippen molar-refractivity contribution in [1.82, 2.24) is 5.32 Å². The average Bonchev–Trinajstić information content (AvgIpc) is 2.47. The largest absolute Gasteiger partial charge is 0.377 e. The first-order valence-electron chi connectivity index (χ1n) is 7.09. The molecule has 1 unspecified atom stereocenters. The highest BCUT2D eigenvalue weighted by atomic mass is 16.5. The molecule has 1 amide bonds. The van der Waals surface area contributed by atoms with Crippen LogP contribution in [0.5, 0.6) is 0 Å². The molecule has 110 valence electrons. The number of hydrogen-bond donors (Lipinski definition) is 2. The van der Waals surface area contributed by atoms with Gasteiger partial charge in [-0.2, -0.15) is 0 Å². The number of aryl methyl sites for hydroxylation is 1. The molecule has 0 bridgehead atoms. The van der Waals surface area contributed by atoms with Crippen molar-refractivity contribution in [2.24, 2.45) is 5.73 Å². The molecule has 0 radical (unpaired) electrons. The van der Waals surface area contributed by atoms with Crippen molar-refractivity contribution in [2.75, 3.05) is 31.2 Å². The number of carbonyl (C=O) groups is 1. The van der Waals surface area contributed by atoms with Crippen molar-refractivity contribution in [2.45, 2.75) is 26.4 Å². The Kier molecular flexibility index (Phi) is 4.98. The van der Waals surface area contributed by atoms with Gasteiger partial charge in [-0.15, -0.1) is 0 Å². The Morgan fingerprint density at radius 2 is 2.35 bits per heavy atom. The number of nitrogens with zero attached hydrogens (tertiary/aromatic N) is 1. The lowest BCUT2D eigenvalue weighted by Crippen LogP contribution is -2.54. The van der Waals surface area contributed by atoms with Crippen LogP contribution in [0.3, 0.4) is 0 Å². The summed E-state index contributed by atoms with van der Waals surface area (Å²) in [6.07, 6.45) is 0. The molecule has 3 N–H and O–H groups in total. The van der Waals surface area contributed by atoms with Gasteiger partial charge >= 0.3 is 0 Å². The van der Waals surface area contributed by atoms with Gasteiger partial charge in [0, 0.05) is 25.3 Å². The minimum absolute atomic E-state index is 0.0124. The Morgan fingerprint density at radius 3 is 3.05 bits per heavy atom. The number of morpholine rings is 1. The van der Waals surface area contributed by atoms with Gasteiger partial charge in [0.2, 0.25) is 5.91 Å². The smallest absolute Gasteiger partial charge is 0.245 e. The van der Waals surface area contributed by atoms with Gasteiger partial charge in [0.1, 0.15) is 6.04 Å². The number of nitrogens with one attached hydrogen (secondary N) is 1. The minimum atomic E-state index is -0.282. The second-order valence-electron chi connectivity index (χ2n) is 4.97. The molecule has 1 heterocycles. The van der Waals surface area contributed by atoms with E-state index in [1.807, 2.05) is 19.1 Å². The highest BCUT2D eigenvalue weighted by molar-refractivity contribution is 5.86. The average molecular weight is 277 g/mol. The molecule has 1 saturated heterocycles. The molecule has 2 rings (SSSR count). The van der Waals surface area contributed by atoms with Crippen LogP contribution in [0, 0.1) is 6.92 Å². The molecule has 1 atom stereocenters. The molecular weight excluding hydrogens is 254 g/mol. The second kappa shape index (κ2) is 6.72. The van der Waals surface area contributed by atoms with Gasteiger partial charge in [-0.25, -0.2) is 0 Å². The number of amides is 1. The van der Waals surface area contributed by atoms with Gasteiger partial charge in [-0.1, -0.05) is 18.2 Å². The van der Waals surface area contributed by atoms with E-state index in [1.165, 1.54) is 0 Å². The molecule has 0 aromatic heterocycles. The predicted octanol–water partition coefficient (Wildman–Crippen LogP) is 0.795. The molecular formula is C15H23N3O2. The molecule has 5 heteroatoms. The summed E-state index contributed by atoms with van der Waals surface area (Å²) in [6, 6.07) is 5.79. The lowest BCUT2D eigenvalue weighted by molar-refractivity contribution is -0.124. The zero-order valence-corrected chi connectivity index (χ0v) is 12.2. The minimum Gasteiger partial charge on any atom is -0.377 e. The van der Waals surface area contributed by atoms with E-state index in [4.69, 9.17) is 10.5 Å². The van der Waals surface area contributed by atoms with E-state index < -0.39 is 0 Å². The van der Waals surface area contributed by atoms with Gasteiger partial charge in [0.05, 0.1) is 13.2 Å². The Hall–Kier alpha value is -1.59. The van der Waals surface area contributed by atoms with E-state index in [0.29, 0.717) is 32.8 Å². The molecule has 1 aliphatic heterocycles. The quantitative estimate of drug-likeness (QED) is 0.854. The van der Waals surface area contributed by atoms with Crippen molar-refractivity contribution in [3.05, 3.63) is 29.3 Å². The van der Waals surface area contributed by atoms with E-state index in [9.17, 15) is 4.79 Å². The Bertz CT molecular complexity index is 476. The molecule has 1 fully saturated rings. The zero-order chi connectivity index (χ0) is 14.5. The molecule has 5 nitrogen and oxygen atoms in total. The first-order valence-corrected chi connectivity index (χ1v) is 7.09. The molecule has 0 saturated carbocycles. The van der Waals surface area contributed by atoms with Crippen LogP contribution in [-0.2, 0) is 16.1 Å². The fraction of sp³-hybridized carbons (Fsp3) is 0.533. The molecule has 1 aromatic carbocycles. The summed E-state index contributed by atoms with van der Waals surface area (Å²) < 4.78 is 5.48. The molecule has 0 spiro atoms. The Balaban J connectivity index is 2.35. The maximum absolute atomic E-state index is 12.2. The highest BCUT2D eigenvalue weighted by Gasteiger charge is 2.31. The normalized spacial score (nSPS) is 18.9. The zero-order valence-electron chi connectivity index (χ0n) is 12.2. The third-order valence-corrected chi connectivity index (χ3v) is 3.61. The van der Waals surface area contributed by atoms with Crippen LogP contribution in [0.15, 0.2) is 18.2 Å². The van der Waals surface area contributed by atoms with E-state index in [2.05, 4.69) is 23.2 Å². The lowest BCUT2D eigenvalue weighted by atomic mass is 10.0. The standard InChI is InChI=1S/C15H23N3O2/c1-3-17-15(19)13-10-20-8-7-18(13)14-11(2)5-4-6-12(14)9-16/h4-6,13H,3,7-10,16H2,1-2H3,(H,17,19). The monoisotopic (exact) mass is 277 g/mol. The van der Waals surface area contributed by atoms with Crippen LogP contribution < -0.4 is 16.0 Å². The van der Waals surface area contributed by atoms with Crippen LogP contribution in [0.1, 0.15) is 18.1 Å². The fourth-order valence-electron chi connectivity index (χ4n) is 2.68. The lowest BCUT2D eigenvalue weighted by Gasteiger charge is -2.38. The van der Waals surface area contributed by atoms with Gasteiger partial charge < -0.3 is 20.7 Å². The number of para-hydroxylation sites is 1. The topological polar surface area (TPSA) is 67.6 Å². The SMILES string of the molecule is CCNC(=O)C1COCCN1c1c(C)cccc1CN. The van der Waals surface area contributed by atoms with Crippen molar-refractivity contribution in [3.8, 4) is 0 Å². The predicted molar refractivity (Wildman–Crippen MR) is 79.7 cm³/mol. The van der Waals surface area contributed by atoms with Crippen LogP contribution in [0.25, 0.3) is 0 Å². The Labute approximate surface area is 120 Å². The van der Waals surface area contributed by atoms with Crippen molar-refractivity contribution in [1.29, 1.82) is 0 Å². The van der Waals surface area contributed by atoms with Gasteiger partial charge in [-0.05, 0) is 25.0 Å². The number of carbonyl (C=O) groups excluding carboxylic acids is 1. The van der Waals surface area contributed by atoms with Crippen molar-refractivity contribution in [3.63, 3.8) is 0 Å². The summed E-state index contributed by atoms with van der Waals surface area (Å²) in [6.45, 7) is 6.83. The first-order chi connectivity index (χ1) is 9.69. The number of ether oxygens (including phenoxy) is 1. The number of likely N-dealkylation sites (N-methyl/N-ethyl adjacent to an activating group) is 1. The van der Waals surface area contributed by atoms with E-state index in [1.54, 1.807) is 0 Å². The molecule has 1 aliphatic rings. The molecule has 0 aliphatic carbocycles. The summed E-state index contributed by atoms with van der Waals surface area (Å²) >= 11 is 0. The summed E-state index contributed by atoms with van der Waals surface area (Å²) in [7, 11) is 0. The summed E-state index contributed by atoms with van der Waals surface area (Å²) in [4.78, 5) is 14.4. The van der Waals surface area contributed by atoms with Crippen LogP contribution in [0.2, 0.25) is 0 Å². The fourth-order valence-corrected chi connectivity index (χ4v) is 2.68. The van der Waals surface area contributed by atoms with Crippen molar-refractivity contribution >= 4 is 11.6 Å². The maximum atomic E-state index is 12.2. The number of nitrogens with two attached hydrogens (primary N) is 1. The highest BCUT2D eigenvalue weighted by Crippen LogP contribution is 2.28. The third kappa shape index (κ3) is 2.94. The van der Waals surface area contributed by atoms with Gasteiger partial charge in [0.25, 0.3) is 0 Å². The molecule has 20 heavy (non-hydrogen) atoms. The third-order valence-electron chi connectivity index (χ3n) is 3.61. The summed E-state index contributed by atoms with van der Waals surface area (Å²) in [5.74, 6) is 0.0124. The van der Waals surface area contributed by atoms with E-state index in [-0.39, 0.29) is 11.9 Å². The van der Waals surface area contributed by atoms with Crippen LogP contribution in [0.4, 0.5) is 5.69 Å². The van der Waals surface area contributed by atoms with E-state index in [0.717, 1.165) is 16.8 Å². The van der Waals surface area contributed by atoms with Gasteiger partial charge in [-0.3, -0.25) is 4.79 Å². The number of hydrogen-bond acceptors (Lipinski definition) is 4. The summed E-state index contributed by atoms with van der Waals surface area (Å²) in [5.41, 5.74) is 9.14. The number of benzene rings is 1. The second-order valence-corrected chi connectivity index (χ2v) is 4.97. The Morgan fingerprint density at radius 1 is 1.55 bits per heavy atom. The number of anilines is 1. The van der Waals surface area contributed by atoms with Gasteiger partial charge in [0.15, 0.2) is 0 Å². The first kappa shape index (κ1) is 14.8. The van der Waals surface area contributed by atoms with Crippen LogP contribution in [-0.4, -0.2) is 38.3 Å². The molecule has 1 aromatic rings.